The van der Waals surface area contributed by atoms with E-state index in [1.807, 2.05) is 6.92 Å². The Morgan fingerprint density at radius 2 is 1.73 bits per heavy atom. The predicted molar refractivity (Wildman–Crippen MR) is 105 cm³/mol. The molecule has 1 aliphatic carbocycles. The third-order valence-corrected chi connectivity index (χ3v) is 5.34. The second-order valence-electron chi connectivity index (χ2n) is 7.70. The lowest BCUT2D eigenvalue weighted by Crippen LogP contribution is -2.35. The number of halogens is 3. The summed E-state index contributed by atoms with van der Waals surface area (Å²) in [7, 11) is 0. The van der Waals surface area contributed by atoms with Crippen LogP contribution in [0.5, 0.6) is 0 Å². The van der Waals surface area contributed by atoms with Gasteiger partial charge in [-0.15, -0.1) is 5.10 Å². The number of hydrogen-bond donors (Lipinski definition) is 1. The molecule has 1 amide bonds. The molecule has 1 saturated carbocycles. The Morgan fingerprint density at radius 1 is 1.07 bits per heavy atom. The molecule has 9 heteroatoms. The molecule has 0 aliphatic heterocycles. The van der Waals surface area contributed by atoms with Gasteiger partial charge in [0.15, 0.2) is 5.69 Å². The first kappa shape index (κ1) is 20.3. The van der Waals surface area contributed by atoms with E-state index in [1.165, 1.54) is 0 Å². The maximum atomic E-state index is 13.7. The topological polar surface area (TPSA) is 72.2 Å². The SMILES string of the molecule is Cc1ccc(-c2cc(C(F)(F)F)n3nc(C(=O)NC4CCCCCC4)nc3n2)cc1. The Labute approximate surface area is 171 Å². The highest BCUT2D eigenvalue weighted by Gasteiger charge is 2.36. The standard InChI is InChI=1S/C21H22F3N5O/c1-13-8-10-14(11-9-13)16-12-17(21(22,23)24)29-20(26-16)27-18(28-29)19(30)25-15-6-4-2-3-5-7-15/h8-12,15H,2-7H2,1H3,(H,25,30). The summed E-state index contributed by atoms with van der Waals surface area (Å²) in [6, 6.07) is 7.91. The second-order valence-corrected chi connectivity index (χ2v) is 7.70. The van der Waals surface area contributed by atoms with Gasteiger partial charge in [0, 0.05) is 11.6 Å². The van der Waals surface area contributed by atoms with Gasteiger partial charge >= 0.3 is 6.18 Å². The molecule has 2 aromatic heterocycles. The second kappa shape index (κ2) is 8.04. The molecule has 4 rings (SSSR count). The van der Waals surface area contributed by atoms with E-state index in [2.05, 4.69) is 20.4 Å². The lowest BCUT2D eigenvalue weighted by Gasteiger charge is -2.14. The highest BCUT2D eigenvalue weighted by atomic mass is 19.4. The van der Waals surface area contributed by atoms with E-state index in [0.29, 0.717) is 10.1 Å². The quantitative estimate of drug-likeness (QED) is 0.634. The van der Waals surface area contributed by atoms with Crippen LogP contribution in [0.15, 0.2) is 30.3 Å². The van der Waals surface area contributed by atoms with E-state index in [9.17, 15) is 18.0 Å². The summed E-state index contributed by atoms with van der Waals surface area (Å²) in [6.45, 7) is 1.89. The first-order chi connectivity index (χ1) is 14.3. The van der Waals surface area contributed by atoms with E-state index in [0.717, 1.165) is 50.2 Å². The molecular formula is C21H22F3N5O. The number of aryl methyl sites for hydroxylation is 1. The maximum Gasteiger partial charge on any atom is 0.433 e. The first-order valence-electron chi connectivity index (χ1n) is 10.0. The number of carbonyl (C=O) groups excluding carboxylic acids is 1. The number of nitrogens with one attached hydrogen (secondary N) is 1. The number of amides is 1. The van der Waals surface area contributed by atoms with Crippen LogP contribution in [0.2, 0.25) is 0 Å². The molecular weight excluding hydrogens is 395 g/mol. The molecule has 3 aromatic rings. The lowest BCUT2D eigenvalue weighted by atomic mass is 10.1. The number of nitrogens with zero attached hydrogens (tertiary/aromatic N) is 4. The number of rotatable bonds is 3. The van der Waals surface area contributed by atoms with E-state index in [-0.39, 0.29) is 23.3 Å². The predicted octanol–water partition coefficient (Wildman–Crippen LogP) is 4.57. The minimum atomic E-state index is -4.68. The minimum Gasteiger partial charge on any atom is -0.347 e. The van der Waals surface area contributed by atoms with Gasteiger partial charge < -0.3 is 5.32 Å². The van der Waals surface area contributed by atoms with Crippen LogP contribution < -0.4 is 5.32 Å². The Kier molecular flexibility index (Phi) is 5.44. The summed E-state index contributed by atoms with van der Waals surface area (Å²) in [5.41, 5.74) is 0.610. The molecule has 0 bridgehead atoms. The number of fused-ring (bicyclic) bond motifs is 1. The highest BCUT2D eigenvalue weighted by molar-refractivity contribution is 5.91. The van der Waals surface area contributed by atoms with Crippen molar-refractivity contribution in [2.45, 2.75) is 57.7 Å². The zero-order valence-corrected chi connectivity index (χ0v) is 16.5. The van der Waals surface area contributed by atoms with Crippen LogP contribution in [-0.4, -0.2) is 31.5 Å². The van der Waals surface area contributed by atoms with Gasteiger partial charge in [-0.05, 0) is 25.8 Å². The van der Waals surface area contributed by atoms with Crippen LogP contribution in [0.3, 0.4) is 0 Å². The summed E-state index contributed by atoms with van der Waals surface area (Å²) >= 11 is 0. The van der Waals surface area contributed by atoms with Crippen molar-refractivity contribution in [3.8, 4) is 11.3 Å². The fourth-order valence-electron chi connectivity index (χ4n) is 3.71. The third-order valence-electron chi connectivity index (χ3n) is 5.34. The maximum absolute atomic E-state index is 13.7. The van der Waals surface area contributed by atoms with Crippen molar-refractivity contribution in [3.05, 3.63) is 47.4 Å². The van der Waals surface area contributed by atoms with E-state index >= 15 is 0 Å². The van der Waals surface area contributed by atoms with Crippen LogP contribution in [-0.2, 0) is 6.18 Å². The van der Waals surface area contributed by atoms with Crippen LogP contribution in [0.25, 0.3) is 17.0 Å². The number of hydrogen-bond acceptors (Lipinski definition) is 4. The molecule has 1 N–H and O–H groups in total. The van der Waals surface area contributed by atoms with Crippen molar-refractivity contribution in [2.24, 2.45) is 0 Å². The van der Waals surface area contributed by atoms with Crippen molar-refractivity contribution >= 4 is 11.7 Å². The Balaban J connectivity index is 1.71. The van der Waals surface area contributed by atoms with Gasteiger partial charge in [0.05, 0.1) is 5.69 Å². The summed E-state index contributed by atoms with van der Waals surface area (Å²) in [4.78, 5) is 20.8. The normalized spacial score (nSPS) is 15.9. The average molecular weight is 417 g/mol. The largest absolute Gasteiger partial charge is 0.433 e. The van der Waals surface area contributed by atoms with Crippen molar-refractivity contribution < 1.29 is 18.0 Å². The zero-order chi connectivity index (χ0) is 21.3. The van der Waals surface area contributed by atoms with E-state index in [4.69, 9.17) is 0 Å². The van der Waals surface area contributed by atoms with Gasteiger partial charge in [0.2, 0.25) is 5.82 Å². The smallest absolute Gasteiger partial charge is 0.347 e. The molecule has 0 unspecified atom stereocenters. The van der Waals surface area contributed by atoms with Crippen molar-refractivity contribution in [1.82, 2.24) is 24.9 Å². The monoisotopic (exact) mass is 417 g/mol. The van der Waals surface area contributed by atoms with Gasteiger partial charge in [-0.3, -0.25) is 4.79 Å². The molecule has 30 heavy (non-hydrogen) atoms. The molecule has 1 fully saturated rings. The van der Waals surface area contributed by atoms with E-state index in [1.54, 1.807) is 24.3 Å². The van der Waals surface area contributed by atoms with Gasteiger partial charge in [-0.1, -0.05) is 55.5 Å². The molecule has 158 valence electrons. The molecule has 2 heterocycles. The fraction of sp³-hybridized carbons (Fsp3) is 0.429. The number of alkyl halides is 3. The summed E-state index contributed by atoms with van der Waals surface area (Å²) in [5, 5.41) is 6.69. The first-order valence-corrected chi connectivity index (χ1v) is 10.0. The summed E-state index contributed by atoms with van der Waals surface area (Å²) < 4.78 is 41.7. The Bertz CT molecular complexity index is 1050. The van der Waals surface area contributed by atoms with Gasteiger partial charge in [0.25, 0.3) is 11.7 Å². The fourth-order valence-corrected chi connectivity index (χ4v) is 3.71. The molecule has 0 saturated heterocycles. The third kappa shape index (κ3) is 4.29. The van der Waals surface area contributed by atoms with Crippen molar-refractivity contribution in [1.29, 1.82) is 0 Å². The molecule has 1 aliphatic rings. The number of carbonyl (C=O) groups is 1. The lowest BCUT2D eigenvalue weighted by molar-refractivity contribution is -0.142. The number of benzene rings is 1. The van der Waals surface area contributed by atoms with Gasteiger partial charge in [-0.2, -0.15) is 22.7 Å². The Hall–Kier alpha value is -2.97. The molecule has 1 aromatic carbocycles. The van der Waals surface area contributed by atoms with E-state index < -0.39 is 17.8 Å². The van der Waals surface area contributed by atoms with Crippen LogP contribution in [0.1, 0.15) is 60.4 Å². The zero-order valence-electron chi connectivity index (χ0n) is 16.5. The Morgan fingerprint density at radius 3 is 2.37 bits per heavy atom. The molecule has 0 atom stereocenters. The number of aromatic nitrogens is 4. The van der Waals surface area contributed by atoms with Crippen molar-refractivity contribution in [2.75, 3.05) is 0 Å². The molecule has 6 nitrogen and oxygen atoms in total. The highest BCUT2D eigenvalue weighted by Crippen LogP contribution is 2.32. The van der Waals surface area contributed by atoms with Crippen LogP contribution in [0, 0.1) is 6.92 Å². The van der Waals surface area contributed by atoms with Crippen LogP contribution in [0.4, 0.5) is 13.2 Å². The minimum absolute atomic E-state index is 0.00947. The molecule has 0 spiro atoms. The van der Waals surface area contributed by atoms with Gasteiger partial charge in [-0.25, -0.2) is 4.98 Å². The van der Waals surface area contributed by atoms with Gasteiger partial charge in [0.1, 0.15) is 0 Å². The van der Waals surface area contributed by atoms with Crippen LogP contribution >= 0.6 is 0 Å². The average Bonchev–Trinajstić information content (AvgIpc) is 2.97. The van der Waals surface area contributed by atoms with Crippen molar-refractivity contribution in [3.63, 3.8) is 0 Å². The molecule has 0 radical (unpaired) electrons. The summed E-state index contributed by atoms with van der Waals surface area (Å²) in [6.07, 6.45) is 1.31. The summed E-state index contributed by atoms with van der Waals surface area (Å²) in [5.74, 6) is -1.14.